The Balaban J connectivity index is 1.75. The minimum absolute atomic E-state index is 0.300. The molecular weight excluding hydrogens is 356 g/mol. The second-order valence-corrected chi connectivity index (χ2v) is 6.30. The number of nitrogens with one attached hydrogen (secondary N) is 1. The molecule has 0 unspecified atom stereocenters. The maximum atomic E-state index is 12.6. The molecule has 1 aliphatic heterocycles. The topological polar surface area (TPSA) is 74.8 Å². The van der Waals surface area contributed by atoms with Crippen molar-refractivity contribution in [2.75, 3.05) is 43.5 Å². The fourth-order valence-corrected chi connectivity index (χ4v) is 2.95. The summed E-state index contributed by atoms with van der Waals surface area (Å²) in [5, 5.41) is 3.30. The fraction of sp³-hybridized carbons (Fsp3) is 0.278. The first-order valence-electron chi connectivity index (χ1n) is 8.15. The molecule has 0 radical (unpaired) electrons. The monoisotopic (exact) mass is 374 g/mol. The summed E-state index contributed by atoms with van der Waals surface area (Å²) in [5.74, 6) is 0.225. The van der Waals surface area contributed by atoms with Crippen LogP contribution < -0.4 is 15.0 Å². The summed E-state index contributed by atoms with van der Waals surface area (Å²) >= 11 is 6.00. The number of rotatable bonds is 5. The average Bonchev–Trinajstić information content (AvgIpc) is 2.68. The molecule has 1 aromatic carbocycles. The van der Waals surface area contributed by atoms with Gasteiger partial charge < -0.3 is 19.9 Å². The Morgan fingerprint density at radius 1 is 1.23 bits per heavy atom. The third-order valence-electron chi connectivity index (χ3n) is 4.22. The van der Waals surface area contributed by atoms with E-state index in [4.69, 9.17) is 16.3 Å². The normalized spacial score (nSPS) is 14.1. The molecule has 1 aromatic heterocycles. The highest BCUT2D eigenvalue weighted by Gasteiger charge is 2.18. The van der Waals surface area contributed by atoms with Gasteiger partial charge in [0.1, 0.15) is 5.75 Å². The summed E-state index contributed by atoms with van der Waals surface area (Å²) < 4.78 is 5.25. The Morgan fingerprint density at radius 3 is 2.69 bits per heavy atom. The number of hydrogen-bond acceptors (Lipinski definition) is 5. The molecule has 3 rings (SSSR count). The lowest BCUT2D eigenvalue weighted by Gasteiger charge is -2.34. The number of carbonyl (C=O) groups is 2. The number of ether oxygens (including phenoxy) is 1. The van der Waals surface area contributed by atoms with Crippen molar-refractivity contribution >= 4 is 35.3 Å². The lowest BCUT2D eigenvalue weighted by Crippen LogP contribution is -2.45. The molecule has 7 nitrogen and oxygen atoms in total. The van der Waals surface area contributed by atoms with Crippen molar-refractivity contribution < 1.29 is 14.3 Å². The molecule has 2 amide bonds. The van der Waals surface area contributed by atoms with Crippen LogP contribution in [0.5, 0.6) is 5.75 Å². The molecule has 26 heavy (non-hydrogen) atoms. The third-order valence-corrected chi connectivity index (χ3v) is 4.46. The van der Waals surface area contributed by atoms with E-state index in [-0.39, 0.29) is 5.91 Å². The van der Waals surface area contributed by atoms with Gasteiger partial charge in [0.2, 0.25) is 6.41 Å². The van der Waals surface area contributed by atoms with E-state index in [9.17, 15) is 9.59 Å². The molecule has 0 aliphatic carbocycles. The minimum atomic E-state index is -0.300. The van der Waals surface area contributed by atoms with E-state index >= 15 is 0 Å². The molecule has 1 aliphatic rings. The highest BCUT2D eigenvalue weighted by atomic mass is 35.5. The van der Waals surface area contributed by atoms with Gasteiger partial charge in [-0.05, 0) is 24.3 Å². The largest absolute Gasteiger partial charge is 0.495 e. The third kappa shape index (κ3) is 4.05. The van der Waals surface area contributed by atoms with E-state index < -0.39 is 0 Å². The molecule has 2 heterocycles. The Morgan fingerprint density at radius 2 is 2.00 bits per heavy atom. The second-order valence-electron chi connectivity index (χ2n) is 5.86. The fourth-order valence-electron chi connectivity index (χ4n) is 2.78. The predicted molar refractivity (Wildman–Crippen MR) is 100 cm³/mol. The van der Waals surface area contributed by atoms with Crippen molar-refractivity contribution in [1.82, 2.24) is 9.88 Å². The SMILES string of the molecule is COc1ccc(Cl)cc1NC(=O)c1cncc(N2CCN(C=O)CC2)c1. The van der Waals surface area contributed by atoms with Crippen LogP contribution in [0, 0.1) is 0 Å². The number of pyridine rings is 1. The summed E-state index contributed by atoms with van der Waals surface area (Å²) in [6.45, 7) is 2.71. The average molecular weight is 375 g/mol. The molecule has 1 N–H and O–H groups in total. The van der Waals surface area contributed by atoms with E-state index in [1.165, 1.54) is 13.3 Å². The van der Waals surface area contributed by atoms with Gasteiger partial charge in [0.15, 0.2) is 0 Å². The van der Waals surface area contributed by atoms with Crippen molar-refractivity contribution in [3.8, 4) is 5.75 Å². The molecule has 1 saturated heterocycles. The van der Waals surface area contributed by atoms with Gasteiger partial charge in [0, 0.05) is 37.4 Å². The van der Waals surface area contributed by atoms with Gasteiger partial charge >= 0.3 is 0 Å². The van der Waals surface area contributed by atoms with Gasteiger partial charge in [-0.25, -0.2) is 0 Å². The van der Waals surface area contributed by atoms with Crippen LogP contribution in [0.3, 0.4) is 0 Å². The summed E-state index contributed by atoms with van der Waals surface area (Å²) in [4.78, 5) is 31.4. The summed E-state index contributed by atoms with van der Waals surface area (Å²) in [5.41, 5.74) is 1.78. The van der Waals surface area contributed by atoms with Crippen LogP contribution in [0.1, 0.15) is 10.4 Å². The van der Waals surface area contributed by atoms with Gasteiger partial charge in [0.25, 0.3) is 5.91 Å². The number of hydrogen-bond donors (Lipinski definition) is 1. The standard InChI is InChI=1S/C18H19ClN4O3/c1-26-17-3-2-14(19)9-16(17)21-18(25)13-8-15(11-20-10-13)23-6-4-22(12-24)5-7-23/h2-3,8-12H,4-7H2,1H3,(H,21,25). The number of methoxy groups -OCH3 is 1. The van der Waals surface area contributed by atoms with Crippen molar-refractivity contribution in [3.05, 3.63) is 47.2 Å². The van der Waals surface area contributed by atoms with Gasteiger partial charge in [0.05, 0.1) is 30.2 Å². The van der Waals surface area contributed by atoms with E-state index in [0.717, 1.165) is 12.1 Å². The molecule has 2 aromatic rings. The van der Waals surface area contributed by atoms with Crippen LogP contribution >= 0.6 is 11.6 Å². The van der Waals surface area contributed by atoms with Crippen LogP contribution in [0.4, 0.5) is 11.4 Å². The summed E-state index contributed by atoms with van der Waals surface area (Å²) in [7, 11) is 1.53. The molecule has 0 saturated carbocycles. The highest BCUT2D eigenvalue weighted by Crippen LogP contribution is 2.28. The predicted octanol–water partition coefficient (Wildman–Crippen LogP) is 2.27. The Labute approximate surface area is 156 Å². The van der Waals surface area contributed by atoms with E-state index in [2.05, 4.69) is 15.2 Å². The Bertz CT molecular complexity index is 807. The van der Waals surface area contributed by atoms with Crippen LogP contribution in [-0.2, 0) is 4.79 Å². The van der Waals surface area contributed by atoms with E-state index in [1.807, 2.05) is 0 Å². The van der Waals surface area contributed by atoms with Crippen molar-refractivity contribution in [1.29, 1.82) is 0 Å². The molecule has 136 valence electrons. The number of piperazine rings is 1. The lowest BCUT2D eigenvalue weighted by molar-refractivity contribution is -0.118. The zero-order chi connectivity index (χ0) is 18.5. The number of amides is 2. The molecule has 0 bridgehead atoms. The van der Waals surface area contributed by atoms with Crippen LogP contribution in [0.15, 0.2) is 36.7 Å². The number of anilines is 2. The number of halogens is 1. The number of benzene rings is 1. The minimum Gasteiger partial charge on any atom is -0.495 e. The van der Waals surface area contributed by atoms with Crippen LogP contribution in [0.25, 0.3) is 0 Å². The molecule has 8 heteroatoms. The quantitative estimate of drug-likeness (QED) is 0.813. The number of aromatic nitrogens is 1. The van der Waals surface area contributed by atoms with Crippen molar-refractivity contribution in [3.63, 3.8) is 0 Å². The van der Waals surface area contributed by atoms with Gasteiger partial charge in [-0.1, -0.05) is 11.6 Å². The molecular formula is C18H19ClN4O3. The van der Waals surface area contributed by atoms with Crippen LogP contribution in [-0.4, -0.2) is 55.5 Å². The first kappa shape index (κ1) is 18.0. The smallest absolute Gasteiger partial charge is 0.257 e. The zero-order valence-corrected chi connectivity index (χ0v) is 15.1. The summed E-state index contributed by atoms with van der Waals surface area (Å²) in [6, 6.07) is 6.81. The van der Waals surface area contributed by atoms with E-state index in [0.29, 0.717) is 48.2 Å². The highest BCUT2D eigenvalue weighted by molar-refractivity contribution is 6.31. The lowest BCUT2D eigenvalue weighted by atomic mass is 10.2. The van der Waals surface area contributed by atoms with Gasteiger partial charge in [-0.3, -0.25) is 14.6 Å². The van der Waals surface area contributed by atoms with Crippen molar-refractivity contribution in [2.45, 2.75) is 0 Å². The van der Waals surface area contributed by atoms with Crippen LogP contribution in [0.2, 0.25) is 5.02 Å². The number of nitrogens with zero attached hydrogens (tertiary/aromatic N) is 3. The molecule has 0 spiro atoms. The van der Waals surface area contributed by atoms with E-state index in [1.54, 1.807) is 35.4 Å². The Kier molecular flexibility index (Phi) is 5.58. The summed E-state index contributed by atoms with van der Waals surface area (Å²) in [6.07, 6.45) is 4.09. The first-order valence-corrected chi connectivity index (χ1v) is 8.52. The zero-order valence-electron chi connectivity index (χ0n) is 14.3. The maximum Gasteiger partial charge on any atom is 0.257 e. The molecule has 1 fully saturated rings. The first-order chi connectivity index (χ1) is 12.6. The van der Waals surface area contributed by atoms with Crippen molar-refractivity contribution in [2.24, 2.45) is 0 Å². The van der Waals surface area contributed by atoms with Gasteiger partial charge in [-0.15, -0.1) is 0 Å². The second kappa shape index (κ2) is 8.05. The van der Waals surface area contributed by atoms with Gasteiger partial charge in [-0.2, -0.15) is 0 Å². The molecule has 0 atom stereocenters. The number of carbonyl (C=O) groups excluding carboxylic acids is 2. The Hall–Kier alpha value is -2.80. The maximum absolute atomic E-state index is 12.6.